The van der Waals surface area contributed by atoms with Gasteiger partial charge in [0.1, 0.15) is 22.8 Å². The number of nitrogens with one attached hydrogen (secondary N) is 1. The molecule has 5 rings (SSSR count). The van der Waals surface area contributed by atoms with Gasteiger partial charge in [-0.15, -0.1) is 23.1 Å². The minimum atomic E-state index is -5.52. The van der Waals surface area contributed by atoms with Gasteiger partial charge in [0.15, 0.2) is 16.0 Å². The number of pyridine rings is 1. The second-order valence-electron chi connectivity index (χ2n) is 9.12. The molecule has 2 aromatic rings. The van der Waals surface area contributed by atoms with Crippen LogP contribution in [0, 0.1) is 0 Å². The van der Waals surface area contributed by atoms with Crippen LogP contribution in [0.5, 0.6) is 0 Å². The molecule has 3 aliphatic heterocycles. The summed E-state index contributed by atoms with van der Waals surface area (Å²) in [7, 11) is 0. The van der Waals surface area contributed by atoms with E-state index in [0.29, 0.717) is 5.69 Å². The van der Waals surface area contributed by atoms with E-state index in [9.17, 15) is 42.4 Å². The lowest BCUT2D eigenvalue weighted by Crippen LogP contribution is -2.71. The van der Waals surface area contributed by atoms with Crippen molar-refractivity contribution < 1.29 is 47.1 Å². The summed E-state index contributed by atoms with van der Waals surface area (Å²) >= 11 is 8.07. The third-order valence-corrected chi connectivity index (χ3v) is 8.74. The fourth-order valence-electron chi connectivity index (χ4n) is 4.52. The number of carbonyl (C=O) groups excluding carboxylic acids is 5. The summed E-state index contributed by atoms with van der Waals surface area (Å²) in [5.41, 5.74) is 4.56. The number of carbonyl (C=O) groups is 5. The molecule has 2 saturated heterocycles. The third kappa shape index (κ3) is 5.72. The number of nitrogens with two attached hydrogens (primary N) is 1. The molecule has 20 heteroatoms. The van der Waals surface area contributed by atoms with Gasteiger partial charge in [0.05, 0.1) is 5.69 Å². The highest BCUT2D eigenvalue weighted by Crippen LogP contribution is 2.42. The van der Waals surface area contributed by atoms with Crippen molar-refractivity contribution in [2.75, 3.05) is 22.9 Å². The molecule has 0 saturated carbocycles. The molecule has 2 fully saturated rings. The van der Waals surface area contributed by atoms with Crippen LogP contribution in [0.15, 0.2) is 51.8 Å². The first-order valence-electron chi connectivity index (χ1n) is 12.2. The Bertz CT molecular complexity index is 1690. The van der Waals surface area contributed by atoms with Crippen molar-refractivity contribution in [3.05, 3.63) is 57.5 Å². The maximum absolute atomic E-state index is 13.2. The number of rotatable bonds is 6. The molecule has 2 atom stereocenters. The van der Waals surface area contributed by atoms with Crippen LogP contribution in [-0.4, -0.2) is 85.3 Å². The molecular weight excluding hydrogens is 655 g/mol. The van der Waals surface area contributed by atoms with Crippen molar-refractivity contribution in [3.63, 3.8) is 0 Å². The van der Waals surface area contributed by atoms with Gasteiger partial charge >= 0.3 is 18.1 Å². The van der Waals surface area contributed by atoms with Crippen molar-refractivity contribution in [2.45, 2.75) is 24.0 Å². The SMILES string of the molecule is Nc1nc(/C(=N/O)C(=O)N[C@@H]2C(=O)N3C(C(=O)OC(=O)C(F)(F)F)=C(C=C4CCN(c5cccnc5Cl)C4=O)CS[C@H]23)cs1. The smallest absolute Gasteiger partial charge is 0.410 e. The summed E-state index contributed by atoms with van der Waals surface area (Å²) in [5.74, 6) is -7.24. The minimum Gasteiger partial charge on any atom is -0.410 e. The zero-order valence-corrected chi connectivity index (χ0v) is 24.1. The molecule has 5 heterocycles. The van der Waals surface area contributed by atoms with Gasteiger partial charge in [-0.2, -0.15) is 13.2 Å². The Labute approximate surface area is 257 Å². The molecular formula is C24H17ClF3N7O7S2. The van der Waals surface area contributed by atoms with Crippen molar-refractivity contribution in [3.8, 4) is 0 Å². The van der Waals surface area contributed by atoms with Gasteiger partial charge in [0.2, 0.25) is 0 Å². The lowest BCUT2D eigenvalue weighted by molar-refractivity contribution is -0.201. The van der Waals surface area contributed by atoms with Crippen LogP contribution in [0.4, 0.5) is 24.0 Å². The maximum atomic E-state index is 13.2. The molecule has 230 valence electrons. The van der Waals surface area contributed by atoms with Crippen LogP contribution in [-0.2, 0) is 28.7 Å². The number of alkyl halides is 3. The number of thiazole rings is 1. The number of aromatic nitrogens is 2. The van der Waals surface area contributed by atoms with Crippen LogP contribution < -0.4 is 16.0 Å². The van der Waals surface area contributed by atoms with E-state index in [4.69, 9.17) is 17.3 Å². The van der Waals surface area contributed by atoms with Crippen LogP contribution in [0.1, 0.15) is 12.1 Å². The quantitative estimate of drug-likeness (QED) is 0.0589. The van der Waals surface area contributed by atoms with E-state index in [1.54, 1.807) is 12.1 Å². The summed E-state index contributed by atoms with van der Waals surface area (Å²) in [6.07, 6.45) is -2.71. The van der Waals surface area contributed by atoms with Crippen molar-refractivity contribution in [1.82, 2.24) is 20.2 Å². The van der Waals surface area contributed by atoms with Crippen molar-refractivity contribution in [2.24, 2.45) is 5.16 Å². The Kier molecular flexibility index (Phi) is 8.36. The van der Waals surface area contributed by atoms with Gasteiger partial charge in [-0.05, 0) is 30.2 Å². The fourth-order valence-corrected chi connectivity index (χ4v) is 6.59. The molecule has 0 bridgehead atoms. The van der Waals surface area contributed by atoms with Gasteiger partial charge in [-0.1, -0.05) is 16.8 Å². The normalized spacial score (nSPS) is 21.4. The van der Waals surface area contributed by atoms with Crippen LogP contribution in [0.25, 0.3) is 0 Å². The van der Waals surface area contributed by atoms with E-state index in [2.05, 4.69) is 25.2 Å². The molecule has 4 N–H and O–H groups in total. The zero-order valence-electron chi connectivity index (χ0n) is 21.7. The average Bonchev–Trinajstić information content (AvgIpc) is 3.56. The zero-order chi connectivity index (χ0) is 31.9. The monoisotopic (exact) mass is 671 g/mol. The standard InChI is InChI=1S/C24H17ClF3N7O7S2/c25-16-12(2-1-4-30-16)34-5-3-9(18(34)37)6-10-7-43-20-14(32-17(36)13(33-41)11-8-44-23(29)31-11)19(38)35(20)15(10)21(39)42-22(40)24(26,27)28/h1-2,4,6,8,14,20,41H,3,5,7H2,(H2,29,31)(H,32,36)/b9-6?,33-13-/t14-,20-/m1/s1. The highest BCUT2D eigenvalue weighted by atomic mass is 35.5. The van der Waals surface area contributed by atoms with E-state index in [-0.39, 0.29) is 45.8 Å². The number of thioether (sulfide) groups is 1. The number of esters is 2. The molecule has 3 aliphatic rings. The topological polar surface area (TPSA) is 197 Å². The number of nitrogen functional groups attached to an aromatic ring is 1. The largest absolute Gasteiger partial charge is 0.491 e. The van der Waals surface area contributed by atoms with Gasteiger partial charge < -0.3 is 25.9 Å². The van der Waals surface area contributed by atoms with Gasteiger partial charge in [-0.25, -0.2) is 19.6 Å². The van der Waals surface area contributed by atoms with Crippen LogP contribution in [0.2, 0.25) is 5.15 Å². The van der Waals surface area contributed by atoms with Crippen molar-refractivity contribution in [1.29, 1.82) is 0 Å². The molecule has 14 nitrogen and oxygen atoms in total. The predicted octanol–water partition coefficient (Wildman–Crippen LogP) is 1.60. The minimum absolute atomic E-state index is 0.0548. The number of nitrogens with zero attached hydrogens (tertiary/aromatic N) is 5. The molecule has 0 aliphatic carbocycles. The number of fused-ring (bicyclic) bond motifs is 1. The van der Waals surface area contributed by atoms with Crippen LogP contribution >= 0.6 is 34.7 Å². The maximum Gasteiger partial charge on any atom is 0.491 e. The third-order valence-electron chi connectivity index (χ3n) is 6.48. The van der Waals surface area contributed by atoms with Crippen LogP contribution in [0.3, 0.4) is 0 Å². The second kappa shape index (κ2) is 11.9. The summed E-state index contributed by atoms with van der Waals surface area (Å²) in [5, 5.41) is 15.0. The second-order valence-corrected chi connectivity index (χ2v) is 11.5. The number of hydrogen-bond acceptors (Lipinski definition) is 13. The molecule has 2 aromatic heterocycles. The van der Waals surface area contributed by atoms with E-state index in [0.717, 1.165) is 28.0 Å². The number of anilines is 2. The number of allylic oxidation sites excluding steroid dienone is 1. The number of halogens is 4. The predicted molar refractivity (Wildman–Crippen MR) is 148 cm³/mol. The number of ether oxygens (including phenoxy) is 1. The first kappa shape index (κ1) is 31.0. The van der Waals surface area contributed by atoms with E-state index in [1.807, 2.05) is 0 Å². The Morgan fingerprint density at radius 3 is 2.68 bits per heavy atom. The fraction of sp³-hybridized carbons (Fsp3) is 0.250. The molecule has 0 spiro atoms. The Morgan fingerprint density at radius 2 is 2.05 bits per heavy atom. The lowest BCUT2D eigenvalue weighted by atomic mass is 10.0. The lowest BCUT2D eigenvalue weighted by Gasteiger charge is -2.49. The molecule has 0 unspecified atom stereocenters. The molecule has 44 heavy (non-hydrogen) atoms. The Hall–Kier alpha value is -4.49. The van der Waals surface area contributed by atoms with Gasteiger partial charge in [0.25, 0.3) is 17.7 Å². The van der Waals surface area contributed by atoms with Gasteiger partial charge in [0, 0.05) is 29.4 Å². The first-order valence-corrected chi connectivity index (χ1v) is 14.5. The first-order chi connectivity index (χ1) is 20.8. The summed E-state index contributed by atoms with van der Waals surface area (Å²) in [6, 6.07) is 1.80. The summed E-state index contributed by atoms with van der Waals surface area (Å²) in [4.78, 5) is 73.4. The van der Waals surface area contributed by atoms with E-state index >= 15 is 0 Å². The number of hydrogen-bond donors (Lipinski definition) is 3. The highest BCUT2D eigenvalue weighted by molar-refractivity contribution is 8.00. The average molecular weight is 672 g/mol. The number of oxime groups is 1. The number of β-lactam (4-membered cyclic amide) rings is 1. The van der Waals surface area contributed by atoms with E-state index < -0.39 is 58.7 Å². The molecule has 3 amide bonds. The molecule has 0 radical (unpaired) electrons. The summed E-state index contributed by atoms with van der Waals surface area (Å²) < 4.78 is 42.8. The van der Waals surface area contributed by atoms with Crippen molar-refractivity contribution >= 4 is 80.9 Å². The van der Waals surface area contributed by atoms with Gasteiger partial charge in [-0.3, -0.25) is 19.3 Å². The Balaban J connectivity index is 1.44. The summed E-state index contributed by atoms with van der Waals surface area (Å²) in [6.45, 7) is 0.168. The number of amides is 3. The van der Waals surface area contributed by atoms with E-state index in [1.165, 1.54) is 22.6 Å². The highest BCUT2D eigenvalue weighted by Gasteiger charge is 2.55. The Morgan fingerprint density at radius 1 is 1.30 bits per heavy atom. The molecule has 0 aromatic carbocycles.